The third-order valence-electron chi connectivity index (χ3n) is 5.09. The second-order valence-electron chi connectivity index (χ2n) is 7.70. The molecule has 0 spiro atoms. The van der Waals surface area contributed by atoms with E-state index in [1.807, 2.05) is 31.3 Å². The Labute approximate surface area is 177 Å². The van der Waals surface area contributed by atoms with Crippen LogP contribution in [0.5, 0.6) is 0 Å². The van der Waals surface area contributed by atoms with Gasteiger partial charge in [0, 0.05) is 37.1 Å². The predicted octanol–water partition coefficient (Wildman–Crippen LogP) is 2.91. The number of anilines is 2. The highest BCUT2D eigenvalue weighted by Crippen LogP contribution is 2.20. The molecule has 3 aromatic heterocycles. The van der Waals surface area contributed by atoms with Crippen LogP contribution in [0.1, 0.15) is 26.7 Å². The molecule has 0 aliphatic rings. The van der Waals surface area contributed by atoms with Crippen molar-refractivity contribution < 1.29 is 9.53 Å². The third-order valence-corrected chi connectivity index (χ3v) is 5.09. The van der Waals surface area contributed by atoms with E-state index in [1.165, 1.54) is 4.68 Å². The molecule has 9 heteroatoms. The molecule has 0 bridgehead atoms. The van der Waals surface area contributed by atoms with Crippen molar-refractivity contribution in [3.05, 3.63) is 30.9 Å². The molecule has 3 rings (SSSR count). The van der Waals surface area contributed by atoms with Gasteiger partial charge < -0.3 is 19.5 Å². The lowest BCUT2D eigenvalue weighted by atomic mass is 10.0. The summed E-state index contributed by atoms with van der Waals surface area (Å²) in [4.78, 5) is 22.9. The summed E-state index contributed by atoms with van der Waals surface area (Å²) in [5.41, 5.74) is 1.63. The lowest BCUT2D eigenvalue weighted by Gasteiger charge is -2.14. The highest BCUT2D eigenvalue weighted by molar-refractivity contribution is 5.76. The molecule has 162 valence electrons. The van der Waals surface area contributed by atoms with Gasteiger partial charge in [0.25, 0.3) is 0 Å². The van der Waals surface area contributed by atoms with E-state index in [4.69, 9.17) is 4.74 Å². The molecule has 3 aromatic rings. The van der Waals surface area contributed by atoms with Crippen LogP contribution in [0.2, 0.25) is 0 Å². The molecule has 0 amide bonds. The third kappa shape index (κ3) is 5.79. The zero-order valence-corrected chi connectivity index (χ0v) is 18.2. The molecule has 0 aromatic carbocycles. The van der Waals surface area contributed by atoms with Crippen molar-refractivity contribution in [3.63, 3.8) is 0 Å². The van der Waals surface area contributed by atoms with Gasteiger partial charge in [0.15, 0.2) is 0 Å². The van der Waals surface area contributed by atoms with E-state index in [0.29, 0.717) is 30.7 Å². The minimum absolute atomic E-state index is 0.0628. The molecule has 0 aliphatic carbocycles. The molecule has 9 nitrogen and oxygen atoms in total. The van der Waals surface area contributed by atoms with Gasteiger partial charge in [-0.1, -0.05) is 26.7 Å². The average Bonchev–Trinajstić information content (AvgIpc) is 3.32. The van der Waals surface area contributed by atoms with Gasteiger partial charge in [0.2, 0.25) is 5.95 Å². The average molecular weight is 414 g/mol. The molecule has 30 heavy (non-hydrogen) atoms. The molecule has 0 fully saturated rings. The summed E-state index contributed by atoms with van der Waals surface area (Å²) in [7, 11) is 3.86. The Morgan fingerprint density at radius 3 is 2.80 bits per heavy atom. The number of hydrogen-bond donors (Lipinski definition) is 1. The fraction of sp³-hybridized carbons (Fsp3) is 0.524. The summed E-state index contributed by atoms with van der Waals surface area (Å²) in [5.74, 6) is 0.811. The van der Waals surface area contributed by atoms with Crippen molar-refractivity contribution in [2.24, 2.45) is 5.92 Å². The van der Waals surface area contributed by atoms with E-state index >= 15 is 0 Å². The number of nitrogens with one attached hydrogen (secondary N) is 1. The number of fused-ring (bicyclic) bond motifs is 1. The molecule has 1 N–H and O–H groups in total. The van der Waals surface area contributed by atoms with Gasteiger partial charge in [-0.15, -0.1) is 0 Å². The lowest BCUT2D eigenvalue weighted by molar-refractivity contribution is -0.144. The lowest BCUT2D eigenvalue weighted by Crippen LogP contribution is -2.22. The molecule has 3 heterocycles. The van der Waals surface area contributed by atoms with Crippen molar-refractivity contribution in [1.29, 1.82) is 0 Å². The maximum atomic E-state index is 11.9. The van der Waals surface area contributed by atoms with Crippen LogP contribution < -0.4 is 5.32 Å². The molecule has 0 atom stereocenters. The second-order valence-corrected chi connectivity index (χ2v) is 7.70. The maximum Gasteiger partial charge on any atom is 0.327 e. The van der Waals surface area contributed by atoms with Gasteiger partial charge in [-0.2, -0.15) is 10.1 Å². The van der Waals surface area contributed by atoms with Crippen LogP contribution in [0.15, 0.2) is 30.9 Å². The van der Waals surface area contributed by atoms with E-state index in [0.717, 1.165) is 30.4 Å². The predicted molar refractivity (Wildman–Crippen MR) is 117 cm³/mol. The number of hydrogen-bond acceptors (Lipinski definition) is 7. The second kappa shape index (κ2) is 10.2. The van der Waals surface area contributed by atoms with Crippen LogP contribution in [0.4, 0.5) is 11.6 Å². The van der Waals surface area contributed by atoms with Crippen molar-refractivity contribution in [2.75, 3.05) is 32.6 Å². The van der Waals surface area contributed by atoms with E-state index in [-0.39, 0.29) is 12.5 Å². The van der Waals surface area contributed by atoms with Crippen molar-refractivity contribution in [3.8, 4) is 0 Å². The first kappa shape index (κ1) is 21.8. The normalized spacial score (nSPS) is 11.5. The Morgan fingerprint density at radius 1 is 1.27 bits per heavy atom. The van der Waals surface area contributed by atoms with E-state index in [1.54, 1.807) is 12.4 Å². The van der Waals surface area contributed by atoms with Crippen molar-refractivity contribution in [1.82, 2.24) is 29.2 Å². The molecule has 0 saturated carbocycles. The van der Waals surface area contributed by atoms with Gasteiger partial charge >= 0.3 is 5.97 Å². The zero-order chi connectivity index (χ0) is 21.5. The summed E-state index contributed by atoms with van der Waals surface area (Å²) >= 11 is 0. The van der Waals surface area contributed by atoms with Crippen LogP contribution in [0.3, 0.4) is 0 Å². The first-order valence-electron chi connectivity index (χ1n) is 10.4. The fourth-order valence-electron chi connectivity index (χ4n) is 3.17. The minimum Gasteiger partial charge on any atom is -0.463 e. The molecule has 0 radical (unpaired) electrons. The number of rotatable bonds is 11. The zero-order valence-electron chi connectivity index (χ0n) is 18.2. The fourth-order valence-corrected chi connectivity index (χ4v) is 3.17. The molecule has 0 aliphatic heterocycles. The van der Waals surface area contributed by atoms with Gasteiger partial charge in [0.05, 0.1) is 11.9 Å². The number of nitrogens with zero attached hydrogens (tertiary/aromatic N) is 6. The van der Waals surface area contributed by atoms with Crippen molar-refractivity contribution in [2.45, 2.75) is 39.8 Å². The number of aromatic nitrogens is 5. The monoisotopic (exact) mass is 413 g/mol. The van der Waals surface area contributed by atoms with Gasteiger partial charge in [-0.05, 0) is 26.1 Å². The Hall–Kier alpha value is -2.94. The Balaban J connectivity index is 1.63. The molecular formula is C21H31N7O2. The molecule has 0 saturated heterocycles. The van der Waals surface area contributed by atoms with E-state index in [2.05, 4.69) is 45.0 Å². The number of esters is 1. The first-order chi connectivity index (χ1) is 14.5. The van der Waals surface area contributed by atoms with Gasteiger partial charge in [-0.3, -0.25) is 9.48 Å². The molecule has 0 unspecified atom stereocenters. The highest BCUT2D eigenvalue weighted by atomic mass is 16.5. The Kier molecular flexibility index (Phi) is 7.40. The summed E-state index contributed by atoms with van der Waals surface area (Å²) in [6.07, 6.45) is 9.56. The standard InChI is InChI=1S/C21H31N7O2/c1-5-16(6-2)13-27-8-7-17-11-22-21(25-20(17)27)24-18-12-23-28(14-18)15-19(29)30-10-9-26(3)4/h7-8,11-12,14,16H,5-6,9-10,13,15H2,1-4H3,(H,22,24,25). The van der Waals surface area contributed by atoms with Crippen LogP contribution in [0, 0.1) is 5.92 Å². The quantitative estimate of drug-likeness (QED) is 0.483. The number of ether oxygens (including phenoxy) is 1. The largest absolute Gasteiger partial charge is 0.463 e. The van der Waals surface area contributed by atoms with Crippen LogP contribution in [-0.2, 0) is 22.6 Å². The topological polar surface area (TPSA) is 90.1 Å². The Bertz CT molecular complexity index is 959. The molecular weight excluding hydrogens is 382 g/mol. The summed E-state index contributed by atoms with van der Waals surface area (Å²) < 4.78 is 8.92. The maximum absolute atomic E-state index is 11.9. The van der Waals surface area contributed by atoms with E-state index < -0.39 is 0 Å². The Morgan fingerprint density at radius 2 is 2.07 bits per heavy atom. The van der Waals surface area contributed by atoms with E-state index in [9.17, 15) is 4.79 Å². The van der Waals surface area contributed by atoms with Gasteiger partial charge in [-0.25, -0.2) is 4.98 Å². The van der Waals surface area contributed by atoms with Crippen LogP contribution >= 0.6 is 0 Å². The van der Waals surface area contributed by atoms with Gasteiger partial charge in [0.1, 0.15) is 18.8 Å². The summed E-state index contributed by atoms with van der Waals surface area (Å²) in [6.45, 7) is 6.50. The van der Waals surface area contributed by atoms with Crippen LogP contribution in [-0.4, -0.2) is 62.4 Å². The number of carbonyl (C=O) groups is 1. The smallest absolute Gasteiger partial charge is 0.327 e. The minimum atomic E-state index is -0.316. The number of likely N-dealkylation sites (N-methyl/N-ethyl adjacent to an activating group) is 1. The summed E-state index contributed by atoms with van der Waals surface area (Å²) in [5, 5.41) is 8.39. The highest BCUT2D eigenvalue weighted by Gasteiger charge is 2.11. The van der Waals surface area contributed by atoms with Crippen molar-refractivity contribution >= 4 is 28.6 Å². The number of carbonyl (C=O) groups excluding carboxylic acids is 1. The van der Waals surface area contributed by atoms with Crippen LogP contribution in [0.25, 0.3) is 11.0 Å². The SMILES string of the molecule is CCC(CC)Cn1ccc2cnc(Nc3cnn(CC(=O)OCCN(C)C)c3)nc21. The first-order valence-corrected chi connectivity index (χ1v) is 10.4. The summed E-state index contributed by atoms with van der Waals surface area (Å²) in [6, 6.07) is 2.04.